The van der Waals surface area contributed by atoms with Crippen LogP contribution in [0.2, 0.25) is 0 Å². The first-order valence-electron chi connectivity index (χ1n) is 4.62. The van der Waals surface area contributed by atoms with Crippen LogP contribution in [0.25, 0.3) is 0 Å². The quantitative estimate of drug-likeness (QED) is 0.717. The summed E-state index contributed by atoms with van der Waals surface area (Å²) in [5.41, 5.74) is 5.45. The maximum atomic E-state index is 5.23. The summed E-state index contributed by atoms with van der Waals surface area (Å²) >= 11 is 0. The monoisotopic (exact) mass is 179 g/mol. The zero-order valence-corrected chi connectivity index (χ0v) is 8.50. The maximum absolute atomic E-state index is 5.23. The van der Waals surface area contributed by atoms with Crippen molar-refractivity contribution in [2.75, 3.05) is 0 Å². The van der Waals surface area contributed by atoms with Gasteiger partial charge in [-0.1, -0.05) is 29.8 Å². The van der Waals surface area contributed by atoms with Gasteiger partial charge in [-0.15, -0.1) is 0 Å². The highest BCUT2D eigenvalue weighted by Crippen LogP contribution is 2.02. The number of hydroxylamine groups is 1. The number of nitrogens with one attached hydrogen (secondary N) is 1. The molecule has 0 atom stereocenters. The standard InChI is InChI=1S/C11H17NO/c1-9(2)13-12-8-11-6-4-10(3)5-7-11/h4-7,9,12H,8H2,1-3H3. The first-order chi connectivity index (χ1) is 6.18. The molecular weight excluding hydrogens is 162 g/mol. The van der Waals surface area contributed by atoms with Gasteiger partial charge in [0.2, 0.25) is 0 Å². The summed E-state index contributed by atoms with van der Waals surface area (Å²) in [4.78, 5) is 5.23. The molecular formula is C11H17NO. The van der Waals surface area contributed by atoms with Gasteiger partial charge in [0.1, 0.15) is 0 Å². The Morgan fingerprint density at radius 2 is 1.85 bits per heavy atom. The Balaban J connectivity index is 2.33. The van der Waals surface area contributed by atoms with E-state index in [1.807, 2.05) is 13.8 Å². The molecule has 1 aromatic rings. The lowest BCUT2D eigenvalue weighted by molar-refractivity contribution is -0.00883. The lowest BCUT2D eigenvalue weighted by Gasteiger charge is -2.08. The Kier molecular flexibility index (Phi) is 3.93. The minimum atomic E-state index is 0.227. The van der Waals surface area contributed by atoms with Gasteiger partial charge >= 0.3 is 0 Å². The molecule has 0 aliphatic heterocycles. The van der Waals surface area contributed by atoms with Crippen molar-refractivity contribution in [3.05, 3.63) is 35.4 Å². The van der Waals surface area contributed by atoms with E-state index < -0.39 is 0 Å². The minimum Gasteiger partial charge on any atom is -0.299 e. The third kappa shape index (κ3) is 4.06. The van der Waals surface area contributed by atoms with E-state index in [0.29, 0.717) is 0 Å². The first kappa shape index (κ1) is 10.2. The number of hydrogen-bond donors (Lipinski definition) is 1. The van der Waals surface area contributed by atoms with Crippen molar-refractivity contribution in [3.8, 4) is 0 Å². The van der Waals surface area contributed by atoms with Gasteiger partial charge in [0, 0.05) is 6.54 Å². The van der Waals surface area contributed by atoms with Crippen LogP contribution in [0.3, 0.4) is 0 Å². The second-order valence-corrected chi connectivity index (χ2v) is 3.47. The normalized spacial score (nSPS) is 10.8. The molecule has 2 nitrogen and oxygen atoms in total. The summed E-state index contributed by atoms with van der Waals surface area (Å²) < 4.78 is 0. The van der Waals surface area contributed by atoms with E-state index in [9.17, 15) is 0 Å². The molecule has 0 aromatic heterocycles. The van der Waals surface area contributed by atoms with Crippen LogP contribution in [0, 0.1) is 6.92 Å². The summed E-state index contributed by atoms with van der Waals surface area (Å²) in [6.45, 7) is 6.85. The van der Waals surface area contributed by atoms with Gasteiger partial charge in [-0.3, -0.25) is 4.84 Å². The SMILES string of the molecule is Cc1ccc(CNOC(C)C)cc1. The highest BCUT2D eigenvalue weighted by molar-refractivity contribution is 5.20. The molecule has 0 radical (unpaired) electrons. The van der Waals surface area contributed by atoms with Crippen molar-refractivity contribution in [2.24, 2.45) is 0 Å². The second-order valence-electron chi connectivity index (χ2n) is 3.47. The van der Waals surface area contributed by atoms with E-state index in [1.54, 1.807) is 0 Å². The molecule has 0 aliphatic carbocycles. The summed E-state index contributed by atoms with van der Waals surface area (Å²) in [6, 6.07) is 8.41. The summed E-state index contributed by atoms with van der Waals surface area (Å²) in [7, 11) is 0. The molecule has 0 saturated carbocycles. The van der Waals surface area contributed by atoms with Crippen molar-refractivity contribution < 1.29 is 4.84 Å². The average molecular weight is 179 g/mol. The Hall–Kier alpha value is -0.860. The van der Waals surface area contributed by atoms with Crippen LogP contribution in [-0.2, 0) is 11.4 Å². The Morgan fingerprint density at radius 1 is 1.23 bits per heavy atom. The first-order valence-corrected chi connectivity index (χ1v) is 4.62. The molecule has 72 valence electrons. The smallest absolute Gasteiger partial charge is 0.0734 e. The summed E-state index contributed by atoms with van der Waals surface area (Å²) in [5.74, 6) is 0. The number of hydrogen-bond acceptors (Lipinski definition) is 2. The Bertz CT molecular complexity index is 241. The van der Waals surface area contributed by atoms with E-state index in [-0.39, 0.29) is 6.10 Å². The molecule has 1 N–H and O–H groups in total. The molecule has 0 spiro atoms. The molecule has 1 rings (SSSR count). The Labute approximate surface area is 79.9 Å². The fourth-order valence-electron chi connectivity index (χ4n) is 0.998. The summed E-state index contributed by atoms with van der Waals surface area (Å²) in [5, 5.41) is 0. The predicted octanol–water partition coefficient (Wildman–Crippen LogP) is 2.42. The van der Waals surface area contributed by atoms with Gasteiger partial charge in [-0.05, 0) is 26.3 Å². The lowest BCUT2D eigenvalue weighted by Crippen LogP contribution is -2.18. The van der Waals surface area contributed by atoms with Gasteiger partial charge in [-0.25, -0.2) is 0 Å². The summed E-state index contributed by atoms with van der Waals surface area (Å²) in [6.07, 6.45) is 0.227. The van der Waals surface area contributed by atoms with E-state index in [2.05, 4.69) is 36.7 Å². The van der Waals surface area contributed by atoms with E-state index in [1.165, 1.54) is 11.1 Å². The molecule has 13 heavy (non-hydrogen) atoms. The molecule has 0 unspecified atom stereocenters. The highest BCUT2D eigenvalue weighted by Gasteiger charge is 1.94. The van der Waals surface area contributed by atoms with E-state index >= 15 is 0 Å². The van der Waals surface area contributed by atoms with Crippen LogP contribution in [0.4, 0.5) is 0 Å². The van der Waals surface area contributed by atoms with Gasteiger partial charge < -0.3 is 0 Å². The van der Waals surface area contributed by atoms with Crippen LogP contribution in [0.5, 0.6) is 0 Å². The molecule has 0 bridgehead atoms. The van der Waals surface area contributed by atoms with Crippen LogP contribution in [0.15, 0.2) is 24.3 Å². The van der Waals surface area contributed by atoms with Gasteiger partial charge in [0.15, 0.2) is 0 Å². The molecule has 0 heterocycles. The third-order valence-corrected chi connectivity index (χ3v) is 1.72. The predicted molar refractivity (Wildman–Crippen MR) is 54.2 cm³/mol. The number of benzene rings is 1. The number of aryl methyl sites for hydroxylation is 1. The number of rotatable bonds is 4. The average Bonchev–Trinajstić information content (AvgIpc) is 2.08. The Morgan fingerprint density at radius 3 is 2.38 bits per heavy atom. The zero-order valence-electron chi connectivity index (χ0n) is 8.50. The van der Waals surface area contributed by atoms with Crippen LogP contribution >= 0.6 is 0 Å². The fourth-order valence-corrected chi connectivity index (χ4v) is 0.998. The van der Waals surface area contributed by atoms with E-state index in [4.69, 9.17) is 4.84 Å². The lowest BCUT2D eigenvalue weighted by atomic mass is 10.2. The van der Waals surface area contributed by atoms with Gasteiger partial charge in [0.25, 0.3) is 0 Å². The zero-order chi connectivity index (χ0) is 9.68. The molecule has 0 amide bonds. The van der Waals surface area contributed by atoms with Crippen molar-refractivity contribution >= 4 is 0 Å². The highest BCUT2D eigenvalue weighted by atomic mass is 16.7. The van der Waals surface area contributed by atoms with Crippen molar-refractivity contribution in [1.82, 2.24) is 5.48 Å². The second kappa shape index (κ2) is 5.00. The van der Waals surface area contributed by atoms with Crippen LogP contribution in [0.1, 0.15) is 25.0 Å². The van der Waals surface area contributed by atoms with Crippen molar-refractivity contribution in [2.45, 2.75) is 33.4 Å². The van der Waals surface area contributed by atoms with Crippen molar-refractivity contribution in [1.29, 1.82) is 0 Å². The molecule has 0 saturated heterocycles. The van der Waals surface area contributed by atoms with Crippen molar-refractivity contribution in [3.63, 3.8) is 0 Å². The topological polar surface area (TPSA) is 21.3 Å². The van der Waals surface area contributed by atoms with Crippen LogP contribution < -0.4 is 5.48 Å². The fraction of sp³-hybridized carbons (Fsp3) is 0.455. The molecule has 0 fully saturated rings. The van der Waals surface area contributed by atoms with Gasteiger partial charge in [0.05, 0.1) is 6.10 Å². The largest absolute Gasteiger partial charge is 0.299 e. The molecule has 1 aromatic carbocycles. The third-order valence-electron chi connectivity index (χ3n) is 1.72. The van der Waals surface area contributed by atoms with E-state index in [0.717, 1.165) is 6.54 Å². The molecule has 0 aliphatic rings. The van der Waals surface area contributed by atoms with Gasteiger partial charge in [-0.2, -0.15) is 5.48 Å². The van der Waals surface area contributed by atoms with Crippen LogP contribution in [-0.4, -0.2) is 6.10 Å². The maximum Gasteiger partial charge on any atom is 0.0734 e. The molecule has 2 heteroatoms. The minimum absolute atomic E-state index is 0.227.